The van der Waals surface area contributed by atoms with E-state index in [2.05, 4.69) is 15.5 Å². The lowest BCUT2D eigenvalue weighted by molar-refractivity contribution is -0.118. The van der Waals surface area contributed by atoms with E-state index in [1.54, 1.807) is 43.3 Å². The molecular formula is C22H19FN4O3S. The Morgan fingerprint density at radius 1 is 1.26 bits per heavy atom. The molecule has 1 aliphatic carbocycles. The maximum Gasteiger partial charge on any atom is 0.262 e. The van der Waals surface area contributed by atoms with Gasteiger partial charge in [-0.15, -0.1) is 10.2 Å². The number of benzene rings is 2. The van der Waals surface area contributed by atoms with E-state index in [4.69, 9.17) is 4.74 Å². The van der Waals surface area contributed by atoms with Crippen LogP contribution in [0.5, 0.6) is 5.75 Å². The molecule has 1 aliphatic heterocycles. The van der Waals surface area contributed by atoms with Gasteiger partial charge in [0, 0.05) is 11.6 Å². The first kappa shape index (κ1) is 19.7. The van der Waals surface area contributed by atoms with E-state index in [0.29, 0.717) is 33.5 Å². The van der Waals surface area contributed by atoms with Gasteiger partial charge in [0.25, 0.3) is 5.91 Å². The lowest BCUT2D eigenvalue weighted by Gasteiger charge is -2.19. The van der Waals surface area contributed by atoms with Crippen LogP contribution in [0.25, 0.3) is 11.4 Å². The Bertz CT molecular complexity index is 1190. The summed E-state index contributed by atoms with van der Waals surface area (Å²) in [7, 11) is 0. The average Bonchev–Trinajstić information content (AvgIpc) is 3.53. The number of ketones is 1. The fraction of sp³-hybridized carbons (Fsp3) is 0.273. The molecule has 2 aromatic carbocycles. The van der Waals surface area contributed by atoms with E-state index in [-0.39, 0.29) is 30.2 Å². The van der Waals surface area contributed by atoms with Crippen molar-refractivity contribution in [3.05, 3.63) is 53.8 Å². The first-order chi connectivity index (χ1) is 15.0. The molecule has 0 spiro atoms. The fourth-order valence-corrected chi connectivity index (χ4v) is 4.52. The Labute approximate surface area is 182 Å². The summed E-state index contributed by atoms with van der Waals surface area (Å²) in [6.07, 6.45) is 1.94. The summed E-state index contributed by atoms with van der Waals surface area (Å²) >= 11 is 1.30. The SMILES string of the molecule is CC(Sc1nnc(-c2ccccc2F)n1C1CC1)C(=O)c1ccc2c(c1)NC(=O)CO2. The monoisotopic (exact) mass is 438 g/mol. The van der Waals surface area contributed by atoms with Crippen molar-refractivity contribution in [2.24, 2.45) is 0 Å². The van der Waals surface area contributed by atoms with Crippen LogP contribution in [0.2, 0.25) is 0 Å². The summed E-state index contributed by atoms with van der Waals surface area (Å²) in [6, 6.07) is 11.7. The van der Waals surface area contributed by atoms with Crippen LogP contribution in [0.15, 0.2) is 47.6 Å². The van der Waals surface area contributed by atoms with Gasteiger partial charge in [0.05, 0.1) is 16.5 Å². The molecule has 1 N–H and O–H groups in total. The summed E-state index contributed by atoms with van der Waals surface area (Å²) in [5, 5.41) is 11.4. The van der Waals surface area contributed by atoms with Crippen LogP contribution in [0.3, 0.4) is 0 Å². The normalized spacial score (nSPS) is 16.3. The van der Waals surface area contributed by atoms with Gasteiger partial charge in [-0.2, -0.15) is 0 Å². The van der Waals surface area contributed by atoms with Gasteiger partial charge in [-0.25, -0.2) is 4.39 Å². The Morgan fingerprint density at radius 2 is 2.06 bits per heavy atom. The first-order valence-electron chi connectivity index (χ1n) is 9.98. The highest BCUT2D eigenvalue weighted by atomic mass is 32.2. The number of carbonyl (C=O) groups excluding carboxylic acids is 2. The van der Waals surface area contributed by atoms with Crippen LogP contribution in [0, 0.1) is 5.82 Å². The molecule has 1 aromatic heterocycles. The third-order valence-corrected chi connectivity index (χ3v) is 6.30. The Morgan fingerprint density at radius 3 is 2.84 bits per heavy atom. The van der Waals surface area contributed by atoms with Crippen LogP contribution in [0.1, 0.15) is 36.2 Å². The number of amides is 1. The van der Waals surface area contributed by atoms with Crippen LogP contribution in [-0.4, -0.2) is 38.3 Å². The zero-order valence-corrected chi connectivity index (χ0v) is 17.5. The van der Waals surface area contributed by atoms with Crippen LogP contribution in [-0.2, 0) is 4.79 Å². The predicted octanol–water partition coefficient (Wildman–Crippen LogP) is 4.11. The lowest BCUT2D eigenvalue weighted by atomic mass is 10.1. The number of nitrogens with zero attached hydrogens (tertiary/aromatic N) is 3. The molecule has 1 atom stereocenters. The molecule has 2 heterocycles. The highest BCUT2D eigenvalue weighted by molar-refractivity contribution is 8.00. The summed E-state index contributed by atoms with van der Waals surface area (Å²) in [5.74, 6) is 0.315. The van der Waals surface area contributed by atoms with Crippen molar-refractivity contribution in [2.45, 2.75) is 36.2 Å². The zero-order chi connectivity index (χ0) is 21.5. The number of nitrogens with one attached hydrogen (secondary N) is 1. The number of ether oxygens (including phenoxy) is 1. The number of hydrogen-bond donors (Lipinski definition) is 1. The number of aromatic nitrogens is 3. The van der Waals surface area contributed by atoms with Crippen molar-refractivity contribution in [2.75, 3.05) is 11.9 Å². The Kier molecular flexibility index (Phi) is 4.97. The first-order valence-corrected chi connectivity index (χ1v) is 10.9. The molecule has 3 aromatic rings. The van der Waals surface area contributed by atoms with Gasteiger partial charge in [0.2, 0.25) is 0 Å². The standard InChI is InChI=1S/C22H19FN4O3S/c1-12(20(29)13-6-9-18-17(10-13)24-19(28)11-30-18)31-22-26-25-21(27(22)14-7-8-14)15-4-2-3-5-16(15)23/h2-6,9-10,12,14H,7-8,11H2,1H3,(H,24,28). The van der Waals surface area contributed by atoms with Crippen molar-refractivity contribution in [1.29, 1.82) is 0 Å². The maximum atomic E-state index is 14.3. The number of Topliss-reactive ketones (excluding diaryl/α,β-unsaturated/α-hetero) is 1. The van der Waals surface area contributed by atoms with Crippen molar-refractivity contribution in [3.63, 3.8) is 0 Å². The van der Waals surface area contributed by atoms with Crippen LogP contribution in [0.4, 0.5) is 10.1 Å². The van der Waals surface area contributed by atoms with Crippen molar-refractivity contribution < 1.29 is 18.7 Å². The molecule has 2 aliphatic rings. The van der Waals surface area contributed by atoms with E-state index in [1.807, 2.05) is 4.57 Å². The number of fused-ring (bicyclic) bond motifs is 1. The molecule has 1 amide bonds. The van der Waals surface area contributed by atoms with Gasteiger partial charge in [-0.3, -0.25) is 14.2 Å². The van der Waals surface area contributed by atoms with Gasteiger partial charge in [0.1, 0.15) is 11.6 Å². The number of rotatable bonds is 6. The molecule has 5 rings (SSSR count). The molecule has 31 heavy (non-hydrogen) atoms. The third-order valence-electron chi connectivity index (χ3n) is 5.24. The summed E-state index contributed by atoms with van der Waals surface area (Å²) in [6.45, 7) is 1.77. The minimum atomic E-state index is -0.451. The van der Waals surface area contributed by atoms with Gasteiger partial charge < -0.3 is 10.1 Å². The minimum absolute atomic E-state index is 0.0340. The fourth-order valence-electron chi connectivity index (χ4n) is 3.53. The van der Waals surface area contributed by atoms with Crippen LogP contribution >= 0.6 is 11.8 Å². The van der Waals surface area contributed by atoms with E-state index in [9.17, 15) is 14.0 Å². The predicted molar refractivity (Wildman–Crippen MR) is 114 cm³/mol. The second-order valence-electron chi connectivity index (χ2n) is 7.56. The molecule has 7 nitrogen and oxygen atoms in total. The Balaban J connectivity index is 1.40. The molecule has 9 heteroatoms. The highest BCUT2D eigenvalue weighted by Crippen LogP contribution is 2.42. The van der Waals surface area contributed by atoms with Crippen molar-refractivity contribution in [3.8, 4) is 17.1 Å². The molecule has 0 radical (unpaired) electrons. The van der Waals surface area contributed by atoms with Crippen molar-refractivity contribution in [1.82, 2.24) is 14.8 Å². The van der Waals surface area contributed by atoms with E-state index in [0.717, 1.165) is 12.8 Å². The molecule has 1 fully saturated rings. The van der Waals surface area contributed by atoms with Crippen LogP contribution < -0.4 is 10.1 Å². The van der Waals surface area contributed by atoms with E-state index >= 15 is 0 Å². The van der Waals surface area contributed by atoms with Gasteiger partial charge in [0.15, 0.2) is 23.4 Å². The molecule has 1 saturated carbocycles. The molecule has 0 bridgehead atoms. The van der Waals surface area contributed by atoms with E-state index < -0.39 is 5.25 Å². The lowest BCUT2D eigenvalue weighted by Crippen LogP contribution is -2.25. The average molecular weight is 438 g/mol. The largest absolute Gasteiger partial charge is 0.482 e. The van der Waals surface area contributed by atoms with Gasteiger partial charge in [-0.05, 0) is 50.1 Å². The topological polar surface area (TPSA) is 86.1 Å². The second-order valence-corrected chi connectivity index (χ2v) is 8.87. The highest BCUT2D eigenvalue weighted by Gasteiger charge is 2.32. The maximum absolute atomic E-state index is 14.3. The number of carbonyl (C=O) groups is 2. The summed E-state index contributed by atoms with van der Waals surface area (Å²) in [5.41, 5.74) is 1.36. The molecule has 158 valence electrons. The number of anilines is 1. The number of thioether (sulfide) groups is 1. The smallest absolute Gasteiger partial charge is 0.262 e. The van der Waals surface area contributed by atoms with E-state index in [1.165, 1.54) is 17.8 Å². The Hall–Kier alpha value is -3.20. The molecule has 0 saturated heterocycles. The summed E-state index contributed by atoms with van der Waals surface area (Å²) in [4.78, 5) is 24.6. The third kappa shape index (κ3) is 3.81. The molecule has 1 unspecified atom stereocenters. The molecular weight excluding hydrogens is 419 g/mol. The van der Waals surface area contributed by atoms with Crippen molar-refractivity contribution >= 4 is 29.1 Å². The number of hydrogen-bond acceptors (Lipinski definition) is 6. The van der Waals surface area contributed by atoms with Gasteiger partial charge in [-0.1, -0.05) is 23.9 Å². The second kappa shape index (κ2) is 7.81. The van der Waals surface area contributed by atoms with Gasteiger partial charge >= 0.3 is 0 Å². The quantitative estimate of drug-likeness (QED) is 0.460. The summed E-state index contributed by atoms with van der Waals surface area (Å²) < 4.78 is 21.6. The zero-order valence-electron chi connectivity index (χ0n) is 16.7. The minimum Gasteiger partial charge on any atom is -0.482 e. The number of halogens is 1.